The zero-order valence-electron chi connectivity index (χ0n) is 16.9. The standard InChI is InChI=1S/C19H24F3N5O3/c1-3-25-16(29)13-9-18(11-26(13)17(25)30)4-6-24(7-5-18)15(28)10-27-12(2)8-14(23-27)19(20,21)22/h8,13H,3-7,9-11H2,1-2H3. The Kier molecular flexibility index (Phi) is 4.81. The molecule has 4 heterocycles. The van der Waals surface area contributed by atoms with Crippen molar-refractivity contribution in [3.8, 4) is 0 Å². The number of imide groups is 1. The Morgan fingerprint density at radius 3 is 2.47 bits per heavy atom. The van der Waals surface area contributed by atoms with Crippen LogP contribution < -0.4 is 0 Å². The summed E-state index contributed by atoms with van der Waals surface area (Å²) in [5, 5.41) is 3.52. The van der Waals surface area contributed by atoms with E-state index in [1.165, 1.54) is 11.8 Å². The van der Waals surface area contributed by atoms with Crippen molar-refractivity contribution < 1.29 is 27.6 Å². The van der Waals surface area contributed by atoms with Gasteiger partial charge in [-0.15, -0.1) is 0 Å². The lowest BCUT2D eigenvalue weighted by Gasteiger charge is -2.39. The average Bonchev–Trinajstić information content (AvgIpc) is 3.29. The first kappa shape index (κ1) is 20.7. The molecule has 11 heteroatoms. The van der Waals surface area contributed by atoms with Gasteiger partial charge in [-0.3, -0.25) is 19.2 Å². The Bertz CT molecular complexity index is 862. The maximum absolute atomic E-state index is 12.8. The van der Waals surface area contributed by atoms with Crippen molar-refractivity contribution in [2.24, 2.45) is 5.41 Å². The molecule has 8 nitrogen and oxygen atoms in total. The van der Waals surface area contributed by atoms with Crippen LogP contribution in [0.3, 0.4) is 0 Å². The Labute approximate surface area is 171 Å². The van der Waals surface area contributed by atoms with Gasteiger partial charge in [0.2, 0.25) is 5.91 Å². The molecular formula is C19H24F3N5O3. The highest BCUT2D eigenvalue weighted by atomic mass is 19.4. The normalized spacial score (nSPS) is 23.6. The monoisotopic (exact) mass is 427 g/mol. The van der Waals surface area contributed by atoms with Crippen LogP contribution in [-0.4, -0.2) is 74.5 Å². The number of nitrogens with zero attached hydrogens (tertiary/aromatic N) is 5. The van der Waals surface area contributed by atoms with Crippen molar-refractivity contribution in [1.82, 2.24) is 24.5 Å². The van der Waals surface area contributed by atoms with Crippen LogP contribution in [0.2, 0.25) is 0 Å². The van der Waals surface area contributed by atoms with Gasteiger partial charge < -0.3 is 9.80 Å². The maximum Gasteiger partial charge on any atom is 0.435 e. The van der Waals surface area contributed by atoms with Gasteiger partial charge in [-0.1, -0.05) is 0 Å². The van der Waals surface area contributed by atoms with E-state index in [1.807, 2.05) is 0 Å². The fourth-order valence-corrected chi connectivity index (χ4v) is 4.83. The molecule has 4 rings (SSSR count). The number of aryl methyl sites for hydroxylation is 1. The zero-order valence-corrected chi connectivity index (χ0v) is 16.9. The third-order valence-electron chi connectivity index (χ3n) is 6.59. The molecule has 1 spiro atoms. The summed E-state index contributed by atoms with van der Waals surface area (Å²) in [4.78, 5) is 42.0. The summed E-state index contributed by atoms with van der Waals surface area (Å²) < 4.78 is 39.5. The number of likely N-dealkylation sites (tertiary alicyclic amines) is 1. The van der Waals surface area contributed by atoms with Crippen LogP contribution >= 0.6 is 0 Å². The van der Waals surface area contributed by atoms with Crippen LogP contribution in [0.4, 0.5) is 18.0 Å². The van der Waals surface area contributed by atoms with E-state index in [-0.39, 0.29) is 35.5 Å². The predicted molar refractivity (Wildman–Crippen MR) is 98.1 cm³/mol. The number of carbonyl (C=O) groups excluding carboxylic acids is 3. The zero-order chi connectivity index (χ0) is 21.8. The number of likely N-dealkylation sites (N-methyl/N-ethyl adjacent to an activating group) is 1. The van der Waals surface area contributed by atoms with Gasteiger partial charge >= 0.3 is 12.2 Å². The van der Waals surface area contributed by atoms with Crippen LogP contribution in [0, 0.1) is 12.3 Å². The highest BCUT2D eigenvalue weighted by Crippen LogP contribution is 2.46. The summed E-state index contributed by atoms with van der Waals surface area (Å²) in [7, 11) is 0. The molecule has 0 aliphatic carbocycles. The largest absolute Gasteiger partial charge is 0.435 e. The van der Waals surface area contributed by atoms with Gasteiger partial charge in [-0.05, 0) is 44.6 Å². The fourth-order valence-electron chi connectivity index (χ4n) is 4.83. The average molecular weight is 427 g/mol. The van der Waals surface area contributed by atoms with Crippen molar-refractivity contribution >= 4 is 17.8 Å². The third kappa shape index (κ3) is 3.33. The Hall–Kier alpha value is -2.59. The van der Waals surface area contributed by atoms with Crippen LogP contribution in [0.25, 0.3) is 0 Å². The van der Waals surface area contributed by atoms with Gasteiger partial charge in [-0.2, -0.15) is 18.3 Å². The van der Waals surface area contributed by atoms with E-state index in [1.54, 1.807) is 16.7 Å². The summed E-state index contributed by atoms with van der Waals surface area (Å²) in [5.41, 5.74) is -0.914. The summed E-state index contributed by atoms with van der Waals surface area (Å²) in [6.45, 7) is 4.79. The molecule has 0 N–H and O–H groups in total. The number of amides is 4. The molecule has 0 radical (unpaired) electrons. The topological polar surface area (TPSA) is 78.8 Å². The number of hydrogen-bond acceptors (Lipinski definition) is 4. The molecule has 1 aromatic rings. The molecule has 0 saturated carbocycles. The minimum absolute atomic E-state index is 0.146. The van der Waals surface area contributed by atoms with E-state index in [0.29, 0.717) is 45.4 Å². The second-order valence-electron chi connectivity index (χ2n) is 8.42. The van der Waals surface area contributed by atoms with Crippen LogP contribution in [0.15, 0.2) is 6.07 Å². The lowest BCUT2D eigenvalue weighted by atomic mass is 9.76. The molecule has 1 atom stereocenters. The van der Waals surface area contributed by atoms with Gasteiger partial charge in [0.1, 0.15) is 12.6 Å². The second-order valence-corrected chi connectivity index (χ2v) is 8.42. The van der Waals surface area contributed by atoms with Gasteiger partial charge in [0.25, 0.3) is 5.91 Å². The third-order valence-corrected chi connectivity index (χ3v) is 6.59. The van der Waals surface area contributed by atoms with Crippen LogP contribution in [-0.2, 0) is 22.3 Å². The Morgan fingerprint density at radius 2 is 1.93 bits per heavy atom. The number of aromatic nitrogens is 2. The number of carbonyl (C=O) groups is 3. The molecule has 30 heavy (non-hydrogen) atoms. The fraction of sp³-hybridized carbons (Fsp3) is 0.684. The van der Waals surface area contributed by atoms with Crippen LogP contribution in [0.5, 0.6) is 0 Å². The molecular weight excluding hydrogens is 403 g/mol. The molecule has 4 amide bonds. The SMILES string of the molecule is CCN1C(=O)C2CC3(CCN(C(=O)Cn4nc(C(F)(F)F)cc4C)CC3)CN2C1=O. The molecule has 3 aliphatic heterocycles. The first-order valence-corrected chi connectivity index (χ1v) is 10.1. The van der Waals surface area contributed by atoms with E-state index >= 15 is 0 Å². The minimum atomic E-state index is -4.55. The number of fused-ring (bicyclic) bond motifs is 1. The van der Waals surface area contributed by atoms with Crippen molar-refractivity contribution in [2.75, 3.05) is 26.2 Å². The van der Waals surface area contributed by atoms with Crippen molar-refractivity contribution in [3.63, 3.8) is 0 Å². The number of urea groups is 1. The predicted octanol–water partition coefficient (Wildman–Crippen LogP) is 1.88. The van der Waals surface area contributed by atoms with Gasteiger partial charge in [0.15, 0.2) is 5.69 Å². The van der Waals surface area contributed by atoms with Gasteiger partial charge in [-0.25, -0.2) is 4.79 Å². The highest BCUT2D eigenvalue weighted by molar-refractivity contribution is 6.04. The van der Waals surface area contributed by atoms with E-state index in [0.717, 1.165) is 10.7 Å². The lowest BCUT2D eigenvalue weighted by Crippen LogP contribution is -2.46. The molecule has 3 aliphatic rings. The molecule has 0 bridgehead atoms. The number of piperidine rings is 1. The first-order valence-electron chi connectivity index (χ1n) is 10.1. The minimum Gasteiger partial charge on any atom is -0.341 e. The van der Waals surface area contributed by atoms with Gasteiger partial charge in [0, 0.05) is 31.9 Å². The van der Waals surface area contributed by atoms with Crippen LogP contribution in [0.1, 0.15) is 37.6 Å². The maximum atomic E-state index is 12.8. The second kappa shape index (κ2) is 6.98. The van der Waals surface area contributed by atoms with E-state index in [2.05, 4.69) is 5.10 Å². The summed E-state index contributed by atoms with van der Waals surface area (Å²) in [6, 6.07) is 0.280. The Balaban J connectivity index is 1.37. The van der Waals surface area contributed by atoms with E-state index < -0.39 is 17.9 Å². The molecule has 3 fully saturated rings. The van der Waals surface area contributed by atoms with E-state index in [9.17, 15) is 27.6 Å². The molecule has 1 aromatic heterocycles. The lowest BCUT2D eigenvalue weighted by molar-refractivity contribution is -0.142. The molecule has 164 valence electrons. The van der Waals surface area contributed by atoms with Crippen molar-refractivity contribution in [1.29, 1.82) is 0 Å². The summed E-state index contributed by atoms with van der Waals surface area (Å²) in [6.07, 6.45) is -2.63. The van der Waals surface area contributed by atoms with Crippen molar-refractivity contribution in [3.05, 3.63) is 17.5 Å². The number of rotatable bonds is 3. The quantitative estimate of drug-likeness (QED) is 0.690. The molecule has 3 saturated heterocycles. The van der Waals surface area contributed by atoms with Crippen molar-refractivity contribution in [2.45, 2.75) is 51.9 Å². The number of alkyl halides is 3. The number of hydrogen-bond donors (Lipinski definition) is 0. The van der Waals surface area contributed by atoms with E-state index in [4.69, 9.17) is 0 Å². The molecule has 0 aromatic carbocycles. The Morgan fingerprint density at radius 1 is 1.27 bits per heavy atom. The summed E-state index contributed by atoms with van der Waals surface area (Å²) in [5.74, 6) is -0.430. The summed E-state index contributed by atoms with van der Waals surface area (Å²) >= 11 is 0. The smallest absolute Gasteiger partial charge is 0.341 e. The highest BCUT2D eigenvalue weighted by Gasteiger charge is 2.56. The molecule has 1 unspecified atom stereocenters. The first-order chi connectivity index (χ1) is 14.0. The number of halogens is 3. The van der Waals surface area contributed by atoms with Gasteiger partial charge in [0.05, 0.1) is 0 Å².